The van der Waals surface area contributed by atoms with Crippen LogP contribution in [-0.4, -0.2) is 5.78 Å². The summed E-state index contributed by atoms with van der Waals surface area (Å²) in [6, 6.07) is 12.1. The Morgan fingerprint density at radius 2 is 2.00 bits per heavy atom. The molecule has 0 aliphatic carbocycles. The molecule has 0 N–H and O–H groups in total. The Hall–Kier alpha value is -1.63. The van der Waals surface area contributed by atoms with Crippen LogP contribution in [0.5, 0.6) is 0 Å². The molecule has 0 aromatic heterocycles. The number of carbonyl (C=O) groups excluding carboxylic acids is 1. The molecule has 0 heterocycles. The molecule has 2 rings (SSSR count). The van der Waals surface area contributed by atoms with Crippen LogP contribution in [0.15, 0.2) is 36.4 Å². The van der Waals surface area contributed by atoms with Gasteiger partial charge in [-0.25, -0.2) is 0 Å². The van der Waals surface area contributed by atoms with E-state index in [0.717, 1.165) is 5.56 Å². The van der Waals surface area contributed by atoms with E-state index in [1.807, 2.05) is 31.2 Å². The average Bonchev–Trinajstić information content (AvgIpc) is 2.28. The third kappa shape index (κ3) is 1.78. The number of benzene rings is 2. The first-order valence-electron chi connectivity index (χ1n) is 5.25. The lowest BCUT2D eigenvalue weighted by Gasteiger charge is -2.04. The summed E-state index contributed by atoms with van der Waals surface area (Å²) >= 11 is 0. The highest BCUT2D eigenvalue weighted by Gasteiger charge is 2.04. The molecule has 0 atom stereocenters. The molecule has 2 aromatic rings. The zero-order valence-corrected chi connectivity index (χ0v) is 9.08. The third-order valence-corrected chi connectivity index (χ3v) is 2.74. The van der Waals surface area contributed by atoms with Gasteiger partial charge in [-0.1, -0.05) is 37.3 Å². The molecule has 0 bridgehead atoms. The molecule has 0 unspecified atom stereocenters. The van der Waals surface area contributed by atoms with Crippen molar-refractivity contribution in [3.63, 3.8) is 0 Å². The van der Waals surface area contributed by atoms with Gasteiger partial charge in [0.25, 0.3) is 0 Å². The Labute approximate surface area is 89.7 Å². The van der Waals surface area contributed by atoms with Gasteiger partial charge in [0.05, 0.1) is 0 Å². The summed E-state index contributed by atoms with van der Waals surface area (Å²) in [6.45, 7) is 3.97. The highest BCUT2D eigenvalue weighted by Crippen LogP contribution is 2.20. The molecule has 0 saturated carbocycles. The predicted octanol–water partition coefficient (Wildman–Crippen LogP) is 3.74. The number of carbonyl (C=O) groups is 1. The minimum absolute atomic E-state index is 0.208. The van der Waals surface area contributed by atoms with Gasteiger partial charge in [0, 0.05) is 12.0 Å². The second-order valence-corrected chi connectivity index (χ2v) is 3.79. The first-order chi connectivity index (χ1) is 7.22. The molecule has 2 aromatic carbocycles. The maximum atomic E-state index is 11.6. The first kappa shape index (κ1) is 9.91. The fraction of sp³-hybridized carbons (Fsp3) is 0.214. The second kappa shape index (κ2) is 3.85. The van der Waals surface area contributed by atoms with E-state index in [1.54, 1.807) is 0 Å². The lowest BCUT2D eigenvalue weighted by atomic mass is 10.0. The Morgan fingerprint density at radius 3 is 2.73 bits per heavy atom. The van der Waals surface area contributed by atoms with Crippen molar-refractivity contribution in [3.8, 4) is 0 Å². The van der Waals surface area contributed by atoms with E-state index in [4.69, 9.17) is 0 Å². The average molecular weight is 198 g/mol. The minimum Gasteiger partial charge on any atom is -0.294 e. The van der Waals surface area contributed by atoms with Gasteiger partial charge in [-0.05, 0) is 29.3 Å². The summed E-state index contributed by atoms with van der Waals surface area (Å²) in [5, 5.41) is 2.37. The van der Waals surface area contributed by atoms with Crippen LogP contribution in [0.3, 0.4) is 0 Å². The van der Waals surface area contributed by atoms with Gasteiger partial charge >= 0.3 is 0 Å². The largest absolute Gasteiger partial charge is 0.294 e. The highest BCUT2D eigenvalue weighted by molar-refractivity contribution is 6.00. The smallest absolute Gasteiger partial charge is 0.162 e. The molecule has 0 amide bonds. The van der Waals surface area contributed by atoms with Gasteiger partial charge in [0.2, 0.25) is 0 Å². The number of hydrogen-bond donors (Lipinski definition) is 0. The van der Waals surface area contributed by atoms with Crippen molar-refractivity contribution in [1.29, 1.82) is 0 Å². The maximum Gasteiger partial charge on any atom is 0.162 e. The van der Waals surface area contributed by atoms with E-state index in [1.165, 1.54) is 16.3 Å². The van der Waals surface area contributed by atoms with E-state index in [9.17, 15) is 4.79 Å². The van der Waals surface area contributed by atoms with E-state index in [2.05, 4.69) is 19.1 Å². The fourth-order valence-corrected chi connectivity index (χ4v) is 1.81. The van der Waals surface area contributed by atoms with Crippen molar-refractivity contribution in [3.05, 3.63) is 47.5 Å². The van der Waals surface area contributed by atoms with Crippen molar-refractivity contribution in [2.45, 2.75) is 20.3 Å². The Kier molecular flexibility index (Phi) is 2.55. The molecule has 0 spiro atoms. The van der Waals surface area contributed by atoms with Crippen molar-refractivity contribution < 1.29 is 4.79 Å². The Morgan fingerprint density at radius 1 is 1.20 bits per heavy atom. The van der Waals surface area contributed by atoms with Gasteiger partial charge < -0.3 is 0 Å². The van der Waals surface area contributed by atoms with Gasteiger partial charge in [-0.15, -0.1) is 0 Å². The summed E-state index contributed by atoms with van der Waals surface area (Å²) < 4.78 is 0. The lowest BCUT2D eigenvalue weighted by Crippen LogP contribution is -1.96. The van der Waals surface area contributed by atoms with Crippen molar-refractivity contribution >= 4 is 16.6 Å². The van der Waals surface area contributed by atoms with Crippen LogP contribution in [0.1, 0.15) is 29.3 Å². The number of Topliss-reactive ketones (excluding diaryl/α,β-unsaturated/α-hetero) is 1. The molecule has 0 aliphatic heterocycles. The Balaban J connectivity index is 2.64. The highest BCUT2D eigenvalue weighted by atomic mass is 16.1. The van der Waals surface area contributed by atoms with Gasteiger partial charge in [-0.3, -0.25) is 4.79 Å². The van der Waals surface area contributed by atoms with E-state index in [0.29, 0.717) is 6.42 Å². The first-order valence-corrected chi connectivity index (χ1v) is 5.25. The minimum atomic E-state index is 0.208. The molecular weight excluding hydrogens is 184 g/mol. The van der Waals surface area contributed by atoms with Crippen LogP contribution in [0.2, 0.25) is 0 Å². The number of ketones is 1. The van der Waals surface area contributed by atoms with E-state index < -0.39 is 0 Å². The maximum absolute atomic E-state index is 11.6. The van der Waals surface area contributed by atoms with Crippen LogP contribution < -0.4 is 0 Å². The molecule has 0 saturated heterocycles. The topological polar surface area (TPSA) is 17.1 Å². The van der Waals surface area contributed by atoms with Crippen LogP contribution in [0.4, 0.5) is 0 Å². The van der Waals surface area contributed by atoms with Crippen LogP contribution in [0.25, 0.3) is 10.8 Å². The molecule has 1 nitrogen and oxygen atoms in total. The van der Waals surface area contributed by atoms with Gasteiger partial charge in [0.15, 0.2) is 5.78 Å². The fourth-order valence-electron chi connectivity index (χ4n) is 1.81. The van der Waals surface area contributed by atoms with Gasteiger partial charge in [-0.2, -0.15) is 0 Å². The molecule has 0 fully saturated rings. The second-order valence-electron chi connectivity index (χ2n) is 3.79. The molecule has 76 valence electrons. The molecule has 0 aliphatic rings. The molecule has 15 heavy (non-hydrogen) atoms. The monoisotopic (exact) mass is 198 g/mol. The van der Waals surface area contributed by atoms with E-state index in [-0.39, 0.29) is 5.78 Å². The quantitative estimate of drug-likeness (QED) is 0.672. The van der Waals surface area contributed by atoms with Crippen molar-refractivity contribution in [1.82, 2.24) is 0 Å². The normalized spacial score (nSPS) is 10.5. The standard InChI is InChI=1S/C14H14O/c1-3-14(15)12-8-7-11-6-4-5-10(2)13(11)9-12/h4-9H,3H2,1-2H3. The summed E-state index contributed by atoms with van der Waals surface area (Å²) in [4.78, 5) is 11.6. The summed E-state index contributed by atoms with van der Waals surface area (Å²) in [5.41, 5.74) is 2.04. The molecule has 0 radical (unpaired) electrons. The number of fused-ring (bicyclic) bond motifs is 1. The van der Waals surface area contributed by atoms with Crippen LogP contribution >= 0.6 is 0 Å². The predicted molar refractivity (Wildman–Crippen MR) is 63.3 cm³/mol. The van der Waals surface area contributed by atoms with E-state index >= 15 is 0 Å². The zero-order valence-electron chi connectivity index (χ0n) is 9.08. The van der Waals surface area contributed by atoms with Crippen LogP contribution in [0, 0.1) is 6.92 Å². The summed E-state index contributed by atoms with van der Waals surface area (Å²) in [5.74, 6) is 0.208. The summed E-state index contributed by atoms with van der Waals surface area (Å²) in [6.07, 6.45) is 0.567. The summed E-state index contributed by atoms with van der Waals surface area (Å²) in [7, 11) is 0. The zero-order chi connectivity index (χ0) is 10.8. The number of rotatable bonds is 2. The molecule has 1 heteroatoms. The third-order valence-electron chi connectivity index (χ3n) is 2.74. The van der Waals surface area contributed by atoms with Crippen LogP contribution in [-0.2, 0) is 0 Å². The van der Waals surface area contributed by atoms with Crippen molar-refractivity contribution in [2.24, 2.45) is 0 Å². The SMILES string of the molecule is CCC(=O)c1ccc2cccc(C)c2c1. The van der Waals surface area contributed by atoms with Gasteiger partial charge in [0.1, 0.15) is 0 Å². The number of aryl methyl sites for hydroxylation is 1. The molecular formula is C14H14O. The lowest BCUT2D eigenvalue weighted by molar-refractivity contribution is 0.0988. The number of hydrogen-bond acceptors (Lipinski definition) is 1. The van der Waals surface area contributed by atoms with Crippen molar-refractivity contribution in [2.75, 3.05) is 0 Å². The Bertz CT molecular complexity index is 512.